The summed E-state index contributed by atoms with van der Waals surface area (Å²) >= 11 is 5.07. The van der Waals surface area contributed by atoms with E-state index in [1.165, 1.54) is 0 Å². The number of amides is 1. The van der Waals surface area contributed by atoms with Crippen molar-refractivity contribution in [3.05, 3.63) is 49.9 Å². The highest BCUT2D eigenvalue weighted by atomic mass is 79.9. The molecule has 100 valence electrons. The van der Waals surface area contributed by atoms with E-state index in [0.717, 1.165) is 27.2 Å². The summed E-state index contributed by atoms with van der Waals surface area (Å²) in [5.74, 6) is -0.0363. The first-order valence-corrected chi connectivity index (χ1v) is 7.69. The van der Waals surface area contributed by atoms with E-state index in [1.54, 1.807) is 11.3 Å². The third-order valence-corrected chi connectivity index (χ3v) is 4.53. The van der Waals surface area contributed by atoms with Crippen molar-refractivity contribution in [3.63, 3.8) is 0 Å². The Labute approximate surface area is 125 Å². The maximum absolute atomic E-state index is 12.1. The molecule has 5 heteroatoms. The van der Waals surface area contributed by atoms with Gasteiger partial charge in [-0.25, -0.2) is 4.98 Å². The van der Waals surface area contributed by atoms with Crippen molar-refractivity contribution in [3.8, 4) is 0 Å². The fraction of sp³-hybridized carbons (Fsp3) is 0.286. The monoisotopic (exact) mass is 338 g/mol. The second kappa shape index (κ2) is 6.30. The van der Waals surface area contributed by atoms with Crippen LogP contribution < -0.4 is 5.32 Å². The Morgan fingerprint density at radius 2 is 2.21 bits per heavy atom. The van der Waals surface area contributed by atoms with Gasteiger partial charge in [0.1, 0.15) is 0 Å². The lowest BCUT2D eigenvalue weighted by Crippen LogP contribution is -2.26. The van der Waals surface area contributed by atoms with Gasteiger partial charge in [0.25, 0.3) is 5.91 Å². The molecule has 2 rings (SSSR count). The number of benzene rings is 1. The van der Waals surface area contributed by atoms with Crippen molar-refractivity contribution in [1.82, 2.24) is 10.3 Å². The molecule has 2 aromatic rings. The number of halogens is 1. The van der Waals surface area contributed by atoms with E-state index in [0.29, 0.717) is 12.1 Å². The molecule has 0 aliphatic heterocycles. The predicted molar refractivity (Wildman–Crippen MR) is 81.8 cm³/mol. The summed E-state index contributed by atoms with van der Waals surface area (Å²) in [6, 6.07) is 5.64. The summed E-state index contributed by atoms with van der Waals surface area (Å²) in [6.07, 6.45) is 0.767. The average molecular weight is 339 g/mol. The Balaban J connectivity index is 1.93. The van der Waals surface area contributed by atoms with Crippen molar-refractivity contribution >= 4 is 33.2 Å². The van der Waals surface area contributed by atoms with E-state index in [2.05, 4.69) is 26.2 Å². The smallest absolute Gasteiger partial charge is 0.251 e. The largest absolute Gasteiger partial charge is 0.352 e. The Kier molecular flexibility index (Phi) is 4.71. The van der Waals surface area contributed by atoms with Crippen LogP contribution in [0.5, 0.6) is 0 Å². The molecular formula is C14H15BrN2OS. The first kappa shape index (κ1) is 14.2. The molecule has 1 amide bonds. The van der Waals surface area contributed by atoms with Crippen LogP contribution in [0.1, 0.15) is 26.6 Å². The van der Waals surface area contributed by atoms with Crippen molar-refractivity contribution in [2.45, 2.75) is 20.3 Å². The van der Waals surface area contributed by atoms with Crippen molar-refractivity contribution < 1.29 is 4.79 Å². The Morgan fingerprint density at radius 3 is 2.89 bits per heavy atom. The van der Waals surface area contributed by atoms with Gasteiger partial charge in [0.05, 0.1) is 10.7 Å². The van der Waals surface area contributed by atoms with Crippen molar-refractivity contribution in [1.29, 1.82) is 0 Å². The molecule has 1 N–H and O–H groups in total. The Bertz CT molecular complexity index is 595. The molecule has 0 aliphatic rings. The summed E-state index contributed by atoms with van der Waals surface area (Å²) in [7, 11) is 0. The number of rotatable bonds is 4. The van der Waals surface area contributed by atoms with Crippen LogP contribution in [-0.4, -0.2) is 17.4 Å². The van der Waals surface area contributed by atoms with Crippen LogP contribution in [0.25, 0.3) is 0 Å². The maximum atomic E-state index is 12.1. The van der Waals surface area contributed by atoms with Crippen LogP contribution >= 0.6 is 27.3 Å². The van der Waals surface area contributed by atoms with E-state index in [1.807, 2.05) is 37.4 Å². The van der Waals surface area contributed by atoms with Crippen LogP contribution in [0.4, 0.5) is 0 Å². The zero-order valence-electron chi connectivity index (χ0n) is 10.9. The summed E-state index contributed by atoms with van der Waals surface area (Å²) in [5, 5.41) is 6.02. The molecular weight excluding hydrogens is 324 g/mol. The van der Waals surface area contributed by atoms with E-state index in [4.69, 9.17) is 0 Å². The topological polar surface area (TPSA) is 42.0 Å². The number of hydrogen-bond donors (Lipinski definition) is 1. The highest BCUT2D eigenvalue weighted by Crippen LogP contribution is 2.19. The lowest BCUT2D eigenvalue weighted by atomic mass is 10.1. The van der Waals surface area contributed by atoms with E-state index >= 15 is 0 Å². The molecule has 19 heavy (non-hydrogen) atoms. The molecule has 0 spiro atoms. The average Bonchev–Trinajstić information content (AvgIpc) is 2.78. The Morgan fingerprint density at radius 1 is 1.42 bits per heavy atom. The Hall–Kier alpha value is -1.20. The summed E-state index contributed by atoms with van der Waals surface area (Å²) in [5.41, 5.74) is 2.71. The summed E-state index contributed by atoms with van der Waals surface area (Å²) < 4.78 is 0.954. The van der Waals surface area contributed by atoms with E-state index in [-0.39, 0.29) is 5.91 Å². The number of carbonyl (C=O) groups excluding carboxylic acids is 1. The predicted octanol–water partition coefficient (Wildman–Crippen LogP) is 3.49. The zero-order valence-corrected chi connectivity index (χ0v) is 13.3. The van der Waals surface area contributed by atoms with Gasteiger partial charge in [0, 0.05) is 28.4 Å². The second-order valence-corrected chi connectivity index (χ2v) is 6.19. The zero-order chi connectivity index (χ0) is 13.8. The first-order chi connectivity index (χ1) is 9.08. The highest BCUT2D eigenvalue weighted by molar-refractivity contribution is 9.10. The van der Waals surface area contributed by atoms with Gasteiger partial charge in [-0.3, -0.25) is 4.79 Å². The molecule has 1 heterocycles. The van der Waals surface area contributed by atoms with Gasteiger partial charge in [-0.1, -0.05) is 22.0 Å². The molecule has 1 aromatic heterocycles. The third kappa shape index (κ3) is 3.64. The number of nitrogens with one attached hydrogen (secondary N) is 1. The lowest BCUT2D eigenvalue weighted by Gasteiger charge is -2.08. The molecule has 0 atom stereocenters. The number of thiazole rings is 1. The van der Waals surface area contributed by atoms with Gasteiger partial charge in [-0.15, -0.1) is 11.3 Å². The number of nitrogens with zero attached hydrogens (tertiary/aromatic N) is 1. The van der Waals surface area contributed by atoms with E-state index < -0.39 is 0 Å². The molecule has 0 radical (unpaired) electrons. The van der Waals surface area contributed by atoms with Gasteiger partial charge in [0.2, 0.25) is 0 Å². The molecule has 0 fully saturated rings. The minimum atomic E-state index is -0.0363. The first-order valence-electron chi connectivity index (χ1n) is 6.02. The molecule has 0 unspecified atom stereocenters. The van der Waals surface area contributed by atoms with E-state index in [9.17, 15) is 4.79 Å². The fourth-order valence-corrected chi connectivity index (χ4v) is 2.79. The summed E-state index contributed by atoms with van der Waals surface area (Å²) in [4.78, 5) is 16.4. The van der Waals surface area contributed by atoms with Gasteiger partial charge in [0.15, 0.2) is 0 Å². The molecule has 3 nitrogen and oxygen atoms in total. The van der Waals surface area contributed by atoms with Gasteiger partial charge in [-0.05, 0) is 31.5 Å². The SMILES string of the molecule is Cc1nc(CCNC(=O)c2cccc(Br)c2C)cs1. The number of hydrogen-bond acceptors (Lipinski definition) is 3. The van der Waals surface area contributed by atoms with Crippen LogP contribution in [0.15, 0.2) is 28.1 Å². The third-order valence-electron chi connectivity index (χ3n) is 2.85. The number of aromatic nitrogens is 1. The molecule has 0 saturated heterocycles. The molecule has 0 aliphatic carbocycles. The van der Waals surface area contributed by atoms with Gasteiger partial charge < -0.3 is 5.32 Å². The van der Waals surface area contributed by atoms with Gasteiger partial charge >= 0.3 is 0 Å². The normalized spacial score (nSPS) is 10.5. The molecule has 1 aromatic carbocycles. The van der Waals surface area contributed by atoms with Crippen molar-refractivity contribution in [2.24, 2.45) is 0 Å². The van der Waals surface area contributed by atoms with Crippen LogP contribution in [-0.2, 0) is 6.42 Å². The second-order valence-electron chi connectivity index (χ2n) is 4.28. The van der Waals surface area contributed by atoms with Crippen LogP contribution in [0.2, 0.25) is 0 Å². The van der Waals surface area contributed by atoms with Crippen LogP contribution in [0.3, 0.4) is 0 Å². The molecule has 0 saturated carbocycles. The molecule has 0 bridgehead atoms. The van der Waals surface area contributed by atoms with Crippen LogP contribution in [0, 0.1) is 13.8 Å². The lowest BCUT2D eigenvalue weighted by molar-refractivity contribution is 0.0953. The minimum Gasteiger partial charge on any atom is -0.352 e. The summed E-state index contributed by atoms with van der Waals surface area (Å²) in [6.45, 7) is 4.52. The highest BCUT2D eigenvalue weighted by Gasteiger charge is 2.10. The standard InChI is InChI=1S/C14H15BrN2OS/c1-9-12(4-3-5-13(9)15)14(18)16-7-6-11-8-19-10(2)17-11/h3-5,8H,6-7H2,1-2H3,(H,16,18). The fourth-order valence-electron chi connectivity index (χ4n) is 1.78. The quantitative estimate of drug-likeness (QED) is 0.926. The minimum absolute atomic E-state index is 0.0363. The van der Waals surface area contributed by atoms with Crippen molar-refractivity contribution in [2.75, 3.05) is 6.54 Å². The maximum Gasteiger partial charge on any atom is 0.251 e. The number of carbonyl (C=O) groups is 1. The number of aryl methyl sites for hydroxylation is 1. The van der Waals surface area contributed by atoms with Gasteiger partial charge in [-0.2, -0.15) is 0 Å².